The highest BCUT2D eigenvalue weighted by molar-refractivity contribution is 5.36. The van der Waals surface area contributed by atoms with Crippen LogP contribution in [0.25, 0.3) is 0 Å². The third kappa shape index (κ3) is 4.20. The van der Waals surface area contributed by atoms with Crippen LogP contribution in [0.15, 0.2) is 36.4 Å². The first kappa shape index (κ1) is 16.3. The van der Waals surface area contributed by atoms with Gasteiger partial charge in [0.15, 0.2) is 0 Å². The van der Waals surface area contributed by atoms with E-state index in [9.17, 15) is 0 Å². The van der Waals surface area contributed by atoms with Crippen LogP contribution in [0.3, 0.4) is 0 Å². The lowest BCUT2D eigenvalue weighted by atomic mass is 9.80. The van der Waals surface area contributed by atoms with Crippen LogP contribution in [0.4, 0.5) is 0 Å². The third-order valence-corrected chi connectivity index (χ3v) is 4.38. The van der Waals surface area contributed by atoms with E-state index in [1.54, 1.807) is 0 Å². The fraction of sp³-hybridized carbons (Fsp3) is 0.550. The second kappa shape index (κ2) is 7.26. The lowest BCUT2D eigenvalue weighted by Crippen LogP contribution is -2.33. The summed E-state index contributed by atoms with van der Waals surface area (Å²) >= 11 is 0. The predicted molar refractivity (Wildman–Crippen MR) is 92.4 cm³/mol. The minimum absolute atomic E-state index is 0.205. The minimum atomic E-state index is 0.205. The Bertz CT molecular complexity index is 467. The van der Waals surface area contributed by atoms with Gasteiger partial charge in [0.05, 0.1) is 0 Å². The van der Waals surface area contributed by atoms with E-state index >= 15 is 0 Å². The molecule has 2 rings (SSSR count). The summed E-state index contributed by atoms with van der Waals surface area (Å²) in [5.41, 5.74) is 3.22. The highest BCUT2D eigenvalue weighted by Crippen LogP contribution is 2.35. The van der Waals surface area contributed by atoms with Crippen molar-refractivity contribution in [2.75, 3.05) is 13.1 Å². The average molecular weight is 284 g/mol. The SMILES string of the molecule is [CH2]CCCCN1CC=CCC1c1ccccc1C(C)(C)C. The number of rotatable bonds is 5. The molecule has 0 N–H and O–H groups in total. The van der Waals surface area contributed by atoms with Gasteiger partial charge in [0.25, 0.3) is 0 Å². The van der Waals surface area contributed by atoms with Gasteiger partial charge < -0.3 is 0 Å². The maximum Gasteiger partial charge on any atom is 0.0388 e. The summed E-state index contributed by atoms with van der Waals surface area (Å²) in [6.45, 7) is 13.2. The molecule has 0 spiro atoms. The maximum atomic E-state index is 3.96. The van der Waals surface area contributed by atoms with E-state index < -0.39 is 0 Å². The van der Waals surface area contributed by atoms with Gasteiger partial charge in [-0.25, -0.2) is 0 Å². The monoisotopic (exact) mass is 284 g/mol. The first-order valence-corrected chi connectivity index (χ1v) is 8.31. The van der Waals surface area contributed by atoms with Gasteiger partial charge in [0, 0.05) is 12.6 Å². The molecule has 115 valence electrons. The van der Waals surface area contributed by atoms with Crippen molar-refractivity contribution in [1.29, 1.82) is 0 Å². The lowest BCUT2D eigenvalue weighted by Gasteiger charge is -2.36. The highest BCUT2D eigenvalue weighted by Gasteiger charge is 2.26. The predicted octanol–water partition coefficient (Wildman–Crippen LogP) is 5.29. The first-order valence-electron chi connectivity index (χ1n) is 8.31. The molecule has 0 aromatic heterocycles. The molecule has 0 fully saturated rings. The van der Waals surface area contributed by atoms with Gasteiger partial charge in [-0.05, 0) is 35.9 Å². The van der Waals surface area contributed by atoms with Crippen LogP contribution in [0.1, 0.15) is 63.6 Å². The second-order valence-corrected chi connectivity index (χ2v) is 7.12. The van der Waals surface area contributed by atoms with E-state index in [0.717, 1.165) is 19.4 Å². The van der Waals surface area contributed by atoms with Gasteiger partial charge in [-0.3, -0.25) is 4.90 Å². The van der Waals surface area contributed by atoms with Crippen molar-refractivity contribution in [2.24, 2.45) is 0 Å². The standard InChI is InChI=1S/C20H30N/c1-5-6-10-15-21-16-11-9-14-19(21)17-12-7-8-13-18(17)20(2,3)4/h7-9,11-13,19H,1,5-6,10,14-16H2,2-4H3. The van der Waals surface area contributed by atoms with Crippen LogP contribution in [0.5, 0.6) is 0 Å². The van der Waals surface area contributed by atoms with Gasteiger partial charge in [-0.15, -0.1) is 0 Å². The molecule has 1 radical (unpaired) electrons. The van der Waals surface area contributed by atoms with Crippen molar-refractivity contribution < 1.29 is 0 Å². The fourth-order valence-electron chi connectivity index (χ4n) is 3.24. The van der Waals surface area contributed by atoms with E-state index in [4.69, 9.17) is 0 Å². The zero-order valence-corrected chi connectivity index (χ0v) is 13.9. The number of benzene rings is 1. The van der Waals surface area contributed by atoms with Crippen LogP contribution >= 0.6 is 0 Å². The van der Waals surface area contributed by atoms with Crippen LogP contribution in [0, 0.1) is 6.92 Å². The molecule has 0 saturated heterocycles. The molecule has 1 aliphatic rings. The molecule has 1 aliphatic heterocycles. The Morgan fingerprint density at radius 1 is 1.14 bits per heavy atom. The number of nitrogens with zero attached hydrogens (tertiary/aromatic N) is 1. The first-order chi connectivity index (χ1) is 10.0. The Kier molecular flexibility index (Phi) is 5.64. The minimum Gasteiger partial charge on any atom is -0.292 e. The molecule has 1 atom stereocenters. The van der Waals surface area contributed by atoms with E-state index in [1.165, 1.54) is 30.5 Å². The molecule has 1 aromatic rings. The molecule has 1 nitrogen and oxygen atoms in total. The van der Waals surface area contributed by atoms with Crippen molar-refractivity contribution in [1.82, 2.24) is 4.90 Å². The molecule has 0 amide bonds. The van der Waals surface area contributed by atoms with E-state index in [2.05, 4.69) is 69.0 Å². The molecular weight excluding hydrogens is 254 g/mol. The maximum absolute atomic E-state index is 3.96. The Balaban J connectivity index is 2.24. The third-order valence-electron chi connectivity index (χ3n) is 4.38. The number of hydrogen-bond acceptors (Lipinski definition) is 1. The van der Waals surface area contributed by atoms with E-state index in [-0.39, 0.29) is 5.41 Å². The average Bonchev–Trinajstić information content (AvgIpc) is 2.47. The zero-order valence-electron chi connectivity index (χ0n) is 13.9. The summed E-state index contributed by atoms with van der Waals surface area (Å²) < 4.78 is 0. The molecule has 1 heterocycles. The Hall–Kier alpha value is -1.08. The summed E-state index contributed by atoms with van der Waals surface area (Å²) in [5, 5.41) is 0. The molecule has 0 aliphatic carbocycles. The van der Waals surface area contributed by atoms with Crippen molar-refractivity contribution in [2.45, 2.75) is 57.9 Å². The topological polar surface area (TPSA) is 3.24 Å². The normalized spacial score (nSPS) is 19.9. The zero-order chi connectivity index (χ0) is 15.3. The van der Waals surface area contributed by atoms with Crippen LogP contribution in [-0.4, -0.2) is 18.0 Å². The van der Waals surface area contributed by atoms with Gasteiger partial charge in [-0.1, -0.05) is 77.0 Å². The second-order valence-electron chi connectivity index (χ2n) is 7.12. The quantitative estimate of drug-likeness (QED) is 0.524. The largest absolute Gasteiger partial charge is 0.292 e. The highest BCUT2D eigenvalue weighted by atomic mass is 15.2. The van der Waals surface area contributed by atoms with Gasteiger partial charge >= 0.3 is 0 Å². The number of unbranched alkanes of at least 4 members (excludes halogenated alkanes) is 2. The lowest BCUT2D eigenvalue weighted by molar-refractivity contribution is 0.204. The van der Waals surface area contributed by atoms with Crippen LogP contribution < -0.4 is 0 Å². The summed E-state index contributed by atoms with van der Waals surface area (Å²) in [4.78, 5) is 2.64. The van der Waals surface area contributed by atoms with Crippen LogP contribution in [0.2, 0.25) is 0 Å². The van der Waals surface area contributed by atoms with E-state index in [1.807, 2.05) is 0 Å². The molecule has 0 bridgehead atoms. The van der Waals surface area contributed by atoms with Gasteiger partial charge in [0.2, 0.25) is 0 Å². The van der Waals surface area contributed by atoms with E-state index in [0.29, 0.717) is 6.04 Å². The summed E-state index contributed by atoms with van der Waals surface area (Å²) in [6.07, 6.45) is 9.34. The Morgan fingerprint density at radius 2 is 1.90 bits per heavy atom. The molecule has 0 saturated carbocycles. The van der Waals surface area contributed by atoms with Crippen LogP contribution in [-0.2, 0) is 5.41 Å². The Labute approximate surface area is 131 Å². The molecular formula is C20H30N. The molecule has 1 aromatic carbocycles. The van der Waals surface area contributed by atoms with Crippen molar-refractivity contribution >= 4 is 0 Å². The molecule has 1 heteroatoms. The number of hydrogen-bond donors (Lipinski definition) is 0. The Morgan fingerprint density at radius 3 is 2.62 bits per heavy atom. The summed E-state index contributed by atoms with van der Waals surface area (Å²) in [6, 6.07) is 9.54. The summed E-state index contributed by atoms with van der Waals surface area (Å²) in [7, 11) is 0. The van der Waals surface area contributed by atoms with Crippen molar-refractivity contribution in [3.8, 4) is 0 Å². The molecule has 21 heavy (non-hydrogen) atoms. The van der Waals surface area contributed by atoms with Gasteiger partial charge in [0.1, 0.15) is 0 Å². The summed E-state index contributed by atoms with van der Waals surface area (Å²) in [5.74, 6) is 0. The van der Waals surface area contributed by atoms with Crippen molar-refractivity contribution in [3.05, 3.63) is 54.5 Å². The molecule has 1 unspecified atom stereocenters. The van der Waals surface area contributed by atoms with Crippen molar-refractivity contribution in [3.63, 3.8) is 0 Å². The fourth-order valence-corrected chi connectivity index (χ4v) is 3.24. The van der Waals surface area contributed by atoms with Gasteiger partial charge in [-0.2, -0.15) is 0 Å². The smallest absolute Gasteiger partial charge is 0.0388 e.